The first-order chi connectivity index (χ1) is 7.06. The number of carbonyl (C=O) groups excluding carboxylic acids is 1. The number of nitrogens with zero attached hydrogens (tertiary/aromatic N) is 2. The molecule has 6 nitrogen and oxygen atoms in total. The van der Waals surface area contributed by atoms with Crippen molar-refractivity contribution >= 4 is 17.3 Å². The zero-order chi connectivity index (χ0) is 11.4. The fraction of sp³-hybridized carbons (Fsp3) is 0. The van der Waals surface area contributed by atoms with Crippen LogP contribution in [0.2, 0.25) is 0 Å². The molecule has 78 valence electrons. The van der Waals surface area contributed by atoms with E-state index in [1.165, 1.54) is 24.3 Å². The minimum atomic E-state index is -0.528. The van der Waals surface area contributed by atoms with E-state index < -0.39 is 10.8 Å². The maximum absolute atomic E-state index is 11.1. The van der Waals surface area contributed by atoms with Crippen LogP contribution in [0.5, 0.6) is 0 Å². The highest BCUT2D eigenvalue weighted by atomic mass is 16.6. The molecule has 0 aromatic heterocycles. The number of hydrogen-bond acceptors (Lipinski definition) is 4. The molecule has 1 amide bonds. The highest BCUT2D eigenvalue weighted by Gasteiger charge is 2.10. The lowest BCUT2D eigenvalue weighted by Crippen LogP contribution is -2.35. The standard InChI is InChI=1S/C9H9N3O3/c1-2-9(13)11(10)7-3-5-8(6-4-7)12(14)15/h2-6H,1,10H2. The van der Waals surface area contributed by atoms with Gasteiger partial charge in [0.2, 0.25) is 0 Å². The highest BCUT2D eigenvalue weighted by Crippen LogP contribution is 2.17. The lowest BCUT2D eigenvalue weighted by atomic mass is 10.3. The molecule has 0 aliphatic carbocycles. The number of anilines is 1. The molecule has 2 N–H and O–H groups in total. The Morgan fingerprint density at radius 2 is 2.00 bits per heavy atom. The molecular formula is C9H9N3O3. The zero-order valence-corrected chi connectivity index (χ0v) is 7.79. The predicted molar refractivity (Wildman–Crippen MR) is 55.0 cm³/mol. The first kappa shape index (κ1) is 10.9. The van der Waals surface area contributed by atoms with Gasteiger partial charge in [-0.05, 0) is 18.2 Å². The number of carbonyl (C=O) groups is 1. The Balaban J connectivity index is 2.93. The average Bonchev–Trinajstić information content (AvgIpc) is 2.27. The summed E-state index contributed by atoms with van der Waals surface area (Å²) in [7, 11) is 0. The number of benzene rings is 1. The van der Waals surface area contributed by atoms with Gasteiger partial charge in [0.1, 0.15) is 0 Å². The summed E-state index contributed by atoms with van der Waals surface area (Å²) in [6.07, 6.45) is 1.06. The molecule has 0 atom stereocenters. The topological polar surface area (TPSA) is 89.5 Å². The van der Waals surface area contributed by atoms with Gasteiger partial charge in [-0.25, -0.2) is 10.9 Å². The van der Waals surface area contributed by atoms with Crippen molar-refractivity contribution < 1.29 is 9.72 Å². The molecule has 0 heterocycles. The lowest BCUT2D eigenvalue weighted by Gasteiger charge is -2.13. The molecule has 0 saturated carbocycles. The van der Waals surface area contributed by atoms with Crippen molar-refractivity contribution in [3.05, 3.63) is 47.0 Å². The van der Waals surface area contributed by atoms with Crippen LogP contribution >= 0.6 is 0 Å². The maximum Gasteiger partial charge on any atom is 0.269 e. The van der Waals surface area contributed by atoms with Crippen molar-refractivity contribution in [2.75, 3.05) is 5.01 Å². The minimum absolute atomic E-state index is 0.0572. The van der Waals surface area contributed by atoms with Crippen molar-refractivity contribution in [3.63, 3.8) is 0 Å². The fourth-order valence-corrected chi connectivity index (χ4v) is 0.961. The van der Waals surface area contributed by atoms with E-state index in [1.807, 2.05) is 0 Å². The summed E-state index contributed by atoms with van der Waals surface area (Å²) in [5.74, 6) is 4.94. The van der Waals surface area contributed by atoms with E-state index >= 15 is 0 Å². The maximum atomic E-state index is 11.1. The Hall–Kier alpha value is -2.21. The van der Waals surface area contributed by atoms with E-state index in [4.69, 9.17) is 5.84 Å². The van der Waals surface area contributed by atoms with E-state index in [0.29, 0.717) is 5.69 Å². The summed E-state index contributed by atoms with van der Waals surface area (Å²) >= 11 is 0. The Bertz CT molecular complexity index is 400. The van der Waals surface area contributed by atoms with E-state index in [-0.39, 0.29) is 5.69 Å². The van der Waals surface area contributed by atoms with E-state index in [1.54, 1.807) is 0 Å². The highest BCUT2D eigenvalue weighted by molar-refractivity contribution is 6.00. The second-order valence-corrected chi connectivity index (χ2v) is 2.69. The monoisotopic (exact) mass is 207 g/mol. The van der Waals surface area contributed by atoms with Gasteiger partial charge >= 0.3 is 0 Å². The zero-order valence-electron chi connectivity index (χ0n) is 7.79. The molecule has 0 bridgehead atoms. The Morgan fingerprint density at radius 3 is 2.40 bits per heavy atom. The number of hydrogen-bond donors (Lipinski definition) is 1. The van der Waals surface area contributed by atoms with Crippen molar-refractivity contribution in [1.29, 1.82) is 0 Å². The molecule has 0 aliphatic rings. The van der Waals surface area contributed by atoms with Crippen LogP contribution in [0.3, 0.4) is 0 Å². The van der Waals surface area contributed by atoms with Gasteiger partial charge in [0.25, 0.3) is 11.6 Å². The van der Waals surface area contributed by atoms with Gasteiger partial charge in [-0.3, -0.25) is 14.9 Å². The van der Waals surface area contributed by atoms with E-state index in [2.05, 4.69) is 6.58 Å². The molecular weight excluding hydrogens is 198 g/mol. The number of rotatable bonds is 3. The van der Waals surface area contributed by atoms with Crippen LogP contribution in [0.1, 0.15) is 0 Å². The number of nitro benzene ring substituents is 1. The van der Waals surface area contributed by atoms with E-state index in [0.717, 1.165) is 11.1 Å². The van der Waals surface area contributed by atoms with Gasteiger partial charge in [0, 0.05) is 12.1 Å². The quantitative estimate of drug-likeness (QED) is 0.263. The third-order valence-electron chi connectivity index (χ3n) is 1.75. The molecule has 0 spiro atoms. The summed E-state index contributed by atoms with van der Waals surface area (Å²) in [6, 6.07) is 5.32. The number of nitrogens with two attached hydrogens (primary N) is 1. The Morgan fingerprint density at radius 1 is 1.47 bits per heavy atom. The summed E-state index contributed by atoms with van der Waals surface area (Å²) < 4.78 is 0. The van der Waals surface area contributed by atoms with Crippen LogP contribution in [-0.2, 0) is 4.79 Å². The van der Waals surface area contributed by atoms with Crippen LogP contribution in [0.25, 0.3) is 0 Å². The average molecular weight is 207 g/mol. The van der Waals surface area contributed by atoms with Crippen molar-refractivity contribution in [2.45, 2.75) is 0 Å². The van der Waals surface area contributed by atoms with Crippen molar-refractivity contribution in [2.24, 2.45) is 5.84 Å². The van der Waals surface area contributed by atoms with E-state index in [9.17, 15) is 14.9 Å². The molecule has 0 radical (unpaired) electrons. The molecule has 1 rings (SSSR count). The minimum Gasteiger partial charge on any atom is -0.268 e. The van der Waals surface area contributed by atoms with Gasteiger partial charge in [0.05, 0.1) is 10.6 Å². The molecule has 0 fully saturated rings. The fourth-order valence-electron chi connectivity index (χ4n) is 0.961. The molecule has 0 aliphatic heterocycles. The van der Waals surface area contributed by atoms with Gasteiger partial charge in [-0.1, -0.05) is 6.58 Å². The van der Waals surface area contributed by atoms with Crippen LogP contribution in [0, 0.1) is 10.1 Å². The van der Waals surface area contributed by atoms with Gasteiger partial charge < -0.3 is 0 Å². The summed E-state index contributed by atoms with van der Waals surface area (Å²) in [5, 5.41) is 11.2. The SMILES string of the molecule is C=CC(=O)N(N)c1ccc([N+](=O)[O-])cc1. The second-order valence-electron chi connectivity index (χ2n) is 2.69. The van der Waals surface area contributed by atoms with Crippen molar-refractivity contribution in [3.8, 4) is 0 Å². The van der Waals surface area contributed by atoms with Crippen molar-refractivity contribution in [1.82, 2.24) is 0 Å². The van der Waals surface area contributed by atoms with Crippen LogP contribution in [0.15, 0.2) is 36.9 Å². The van der Waals surface area contributed by atoms with Gasteiger partial charge in [-0.15, -0.1) is 0 Å². The predicted octanol–water partition coefficient (Wildman–Crippen LogP) is 0.988. The first-order valence-corrected chi connectivity index (χ1v) is 4.02. The van der Waals surface area contributed by atoms with Crippen LogP contribution < -0.4 is 10.9 Å². The van der Waals surface area contributed by atoms with Crippen LogP contribution in [-0.4, -0.2) is 10.8 Å². The number of amides is 1. The number of non-ortho nitro benzene ring substituents is 1. The number of hydrazine groups is 1. The third-order valence-corrected chi connectivity index (χ3v) is 1.75. The smallest absolute Gasteiger partial charge is 0.268 e. The molecule has 0 saturated heterocycles. The first-order valence-electron chi connectivity index (χ1n) is 4.02. The van der Waals surface area contributed by atoms with Gasteiger partial charge in [0.15, 0.2) is 0 Å². The molecule has 1 aromatic rings. The third kappa shape index (κ3) is 2.38. The number of nitro groups is 1. The normalized spacial score (nSPS) is 9.40. The molecule has 15 heavy (non-hydrogen) atoms. The van der Waals surface area contributed by atoms with Gasteiger partial charge in [-0.2, -0.15) is 0 Å². The molecule has 0 unspecified atom stereocenters. The summed E-state index contributed by atoms with van der Waals surface area (Å²) in [5.41, 5.74) is 0.309. The Labute approximate surface area is 85.7 Å². The van der Waals surface area contributed by atoms with Crippen LogP contribution in [0.4, 0.5) is 11.4 Å². The Kier molecular flexibility index (Phi) is 3.14. The molecule has 6 heteroatoms. The lowest BCUT2D eigenvalue weighted by molar-refractivity contribution is -0.384. The largest absolute Gasteiger partial charge is 0.269 e. The summed E-state index contributed by atoms with van der Waals surface area (Å²) in [4.78, 5) is 20.9. The second kappa shape index (κ2) is 4.34. The molecule has 1 aromatic carbocycles. The summed E-state index contributed by atoms with van der Waals surface area (Å²) in [6.45, 7) is 3.27.